The molecule has 0 radical (unpaired) electrons. The lowest BCUT2D eigenvalue weighted by molar-refractivity contribution is 0.283. The molecule has 2 aromatic heterocycles. The van der Waals surface area contributed by atoms with Gasteiger partial charge in [0, 0.05) is 38.4 Å². The predicted molar refractivity (Wildman–Crippen MR) is 113 cm³/mol. The fraction of sp³-hybridized carbons (Fsp3) is 0.318. The Balaban J connectivity index is 1.31. The van der Waals surface area contributed by atoms with Crippen LogP contribution in [0.3, 0.4) is 0 Å². The van der Waals surface area contributed by atoms with E-state index in [0.29, 0.717) is 0 Å². The minimum Gasteiger partial charge on any atom is -0.353 e. The number of hydrogen-bond acceptors (Lipinski definition) is 5. The van der Waals surface area contributed by atoms with E-state index in [0.717, 1.165) is 55.7 Å². The second-order valence-electron chi connectivity index (χ2n) is 7.19. The van der Waals surface area contributed by atoms with Crippen molar-refractivity contribution in [1.29, 1.82) is 0 Å². The molecule has 3 aromatic rings. The Hall–Kier alpha value is -2.99. The van der Waals surface area contributed by atoms with Crippen molar-refractivity contribution < 1.29 is 0 Å². The number of nitrogens with zero attached hydrogens (tertiary/aromatic N) is 6. The van der Waals surface area contributed by atoms with Crippen LogP contribution >= 0.6 is 0 Å². The van der Waals surface area contributed by atoms with Gasteiger partial charge in [0.15, 0.2) is 11.6 Å². The Labute approximate surface area is 166 Å². The highest BCUT2D eigenvalue weighted by Crippen LogP contribution is 2.15. The lowest BCUT2D eigenvalue weighted by Crippen LogP contribution is -2.46. The first-order valence-corrected chi connectivity index (χ1v) is 9.75. The summed E-state index contributed by atoms with van der Waals surface area (Å²) < 4.78 is 1.84. The highest BCUT2D eigenvalue weighted by Gasteiger charge is 2.17. The fourth-order valence-corrected chi connectivity index (χ4v) is 3.52. The Morgan fingerprint density at radius 2 is 1.61 bits per heavy atom. The second kappa shape index (κ2) is 8.35. The molecule has 144 valence electrons. The fourth-order valence-electron chi connectivity index (χ4n) is 3.52. The van der Waals surface area contributed by atoms with Crippen LogP contribution in [0.2, 0.25) is 0 Å². The van der Waals surface area contributed by atoms with Gasteiger partial charge in [0.2, 0.25) is 0 Å². The maximum atomic E-state index is 4.47. The standard InChI is InChI=1S/C22H26N6/c1-18-17-19(2)28(25-18)22-11-10-21(23-24-22)27-15-13-26(14-16-27)12-6-9-20-7-4-3-5-8-20/h3-11,17H,12-16H2,1-2H3/b9-6+. The van der Waals surface area contributed by atoms with E-state index in [4.69, 9.17) is 0 Å². The molecule has 1 saturated heterocycles. The van der Waals surface area contributed by atoms with Gasteiger partial charge in [0.25, 0.3) is 0 Å². The van der Waals surface area contributed by atoms with Gasteiger partial charge in [-0.3, -0.25) is 4.90 Å². The average Bonchev–Trinajstić information content (AvgIpc) is 3.07. The minimum atomic E-state index is 0.763. The molecule has 28 heavy (non-hydrogen) atoms. The van der Waals surface area contributed by atoms with Gasteiger partial charge in [0.1, 0.15) is 0 Å². The molecule has 0 N–H and O–H groups in total. The summed E-state index contributed by atoms with van der Waals surface area (Å²) in [5.41, 5.74) is 3.30. The zero-order chi connectivity index (χ0) is 19.3. The van der Waals surface area contributed by atoms with Crippen molar-refractivity contribution in [3.05, 3.63) is 71.6 Å². The molecule has 0 unspecified atom stereocenters. The monoisotopic (exact) mass is 374 g/mol. The molecule has 4 rings (SSSR count). The minimum absolute atomic E-state index is 0.763. The van der Waals surface area contributed by atoms with Crippen LogP contribution in [-0.2, 0) is 0 Å². The Bertz CT molecular complexity index is 921. The Morgan fingerprint density at radius 3 is 2.25 bits per heavy atom. The third kappa shape index (κ3) is 4.28. The molecule has 6 heteroatoms. The van der Waals surface area contributed by atoms with Crippen molar-refractivity contribution in [2.75, 3.05) is 37.6 Å². The third-order valence-corrected chi connectivity index (χ3v) is 5.03. The van der Waals surface area contributed by atoms with Gasteiger partial charge in [-0.1, -0.05) is 42.5 Å². The van der Waals surface area contributed by atoms with Gasteiger partial charge >= 0.3 is 0 Å². The largest absolute Gasteiger partial charge is 0.353 e. The maximum Gasteiger partial charge on any atom is 0.176 e. The number of aryl methyl sites for hydroxylation is 2. The summed E-state index contributed by atoms with van der Waals surface area (Å²) in [5.74, 6) is 1.70. The summed E-state index contributed by atoms with van der Waals surface area (Å²) in [5, 5.41) is 13.3. The molecule has 3 heterocycles. The number of benzene rings is 1. The number of aromatic nitrogens is 4. The number of anilines is 1. The Kier molecular flexibility index (Phi) is 5.48. The van der Waals surface area contributed by atoms with Gasteiger partial charge in [-0.05, 0) is 37.6 Å². The molecule has 0 saturated carbocycles. The van der Waals surface area contributed by atoms with E-state index in [-0.39, 0.29) is 0 Å². The zero-order valence-corrected chi connectivity index (χ0v) is 16.5. The van der Waals surface area contributed by atoms with Crippen molar-refractivity contribution >= 4 is 11.9 Å². The first-order chi connectivity index (χ1) is 13.7. The van der Waals surface area contributed by atoms with Crippen LogP contribution in [0.15, 0.2) is 54.6 Å². The van der Waals surface area contributed by atoms with Crippen molar-refractivity contribution in [3.63, 3.8) is 0 Å². The first kappa shape index (κ1) is 18.4. The molecular formula is C22H26N6. The summed E-state index contributed by atoms with van der Waals surface area (Å²) in [6, 6.07) is 16.5. The summed E-state index contributed by atoms with van der Waals surface area (Å²) in [6.45, 7) is 8.98. The van der Waals surface area contributed by atoms with Crippen molar-refractivity contribution in [3.8, 4) is 5.82 Å². The molecule has 1 aliphatic rings. The van der Waals surface area contributed by atoms with Gasteiger partial charge < -0.3 is 4.90 Å². The van der Waals surface area contributed by atoms with E-state index in [1.54, 1.807) is 0 Å². The summed E-state index contributed by atoms with van der Waals surface area (Å²) >= 11 is 0. The predicted octanol–water partition coefficient (Wildman–Crippen LogP) is 3.11. The summed E-state index contributed by atoms with van der Waals surface area (Å²) in [4.78, 5) is 4.77. The van der Waals surface area contributed by atoms with Crippen LogP contribution in [0.5, 0.6) is 0 Å². The molecule has 0 atom stereocenters. The first-order valence-electron chi connectivity index (χ1n) is 9.75. The lowest BCUT2D eigenvalue weighted by atomic mass is 10.2. The molecule has 0 aliphatic carbocycles. The van der Waals surface area contributed by atoms with Crippen LogP contribution in [0, 0.1) is 13.8 Å². The van der Waals surface area contributed by atoms with Crippen molar-refractivity contribution in [1.82, 2.24) is 24.9 Å². The van der Waals surface area contributed by atoms with Gasteiger partial charge in [-0.2, -0.15) is 5.10 Å². The summed E-state index contributed by atoms with van der Waals surface area (Å²) in [7, 11) is 0. The van der Waals surface area contributed by atoms with Crippen LogP contribution in [-0.4, -0.2) is 57.6 Å². The van der Waals surface area contributed by atoms with Gasteiger partial charge in [0.05, 0.1) is 5.69 Å². The quantitative estimate of drug-likeness (QED) is 0.687. The van der Waals surface area contributed by atoms with Crippen molar-refractivity contribution in [2.45, 2.75) is 13.8 Å². The lowest BCUT2D eigenvalue weighted by Gasteiger charge is -2.34. The van der Waals surface area contributed by atoms with E-state index >= 15 is 0 Å². The van der Waals surface area contributed by atoms with Crippen LogP contribution < -0.4 is 4.90 Å². The SMILES string of the molecule is Cc1cc(C)n(-c2ccc(N3CCN(C/C=C/c4ccccc4)CC3)nn2)n1. The molecule has 0 amide bonds. The average molecular weight is 374 g/mol. The molecular weight excluding hydrogens is 348 g/mol. The van der Waals surface area contributed by atoms with E-state index in [1.807, 2.05) is 42.8 Å². The molecule has 1 fully saturated rings. The van der Waals surface area contributed by atoms with E-state index in [9.17, 15) is 0 Å². The highest BCUT2D eigenvalue weighted by atomic mass is 15.4. The molecule has 0 spiro atoms. The molecule has 6 nitrogen and oxygen atoms in total. The zero-order valence-electron chi connectivity index (χ0n) is 16.5. The van der Waals surface area contributed by atoms with Crippen LogP contribution in [0.1, 0.15) is 17.0 Å². The number of piperazine rings is 1. The van der Waals surface area contributed by atoms with Crippen LogP contribution in [0.4, 0.5) is 5.82 Å². The Morgan fingerprint density at radius 1 is 0.893 bits per heavy atom. The van der Waals surface area contributed by atoms with Gasteiger partial charge in [-0.15, -0.1) is 10.2 Å². The van der Waals surface area contributed by atoms with E-state index < -0.39 is 0 Å². The smallest absolute Gasteiger partial charge is 0.176 e. The third-order valence-electron chi connectivity index (χ3n) is 5.03. The normalized spacial score (nSPS) is 15.4. The number of hydrogen-bond donors (Lipinski definition) is 0. The molecule has 1 aromatic carbocycles. The molecule has 0 bridgehead atoms. The molecule has 1 aliphatic heterocycles. The number of rotatable bonds is 5. The summed E-state index contributed by atoms with van der Waals surface area (Å²) in [6.07, 6.45) is 4.43. The van der Waals surface area contributed by atoms with E-state index in [1.165, 1.54) is 5.56 Å². The van der Waals surface area contributed by atoms with Gasteiger partial charge in [-0.25, -0.2) is 4.68 Å². The highest BCUT2D eigenvalue weighted by molar-refractivity contribution is 5.48. The van der Waals surface area contributed by atoms with Crippen LogP contribution in [0.25, 0.3) is 11.9 Å². The maximum absolute atomic E-state index is 4.47. The topological polar surface area (TPSA) is 50.1 Å². The van der Waals surface area contributed by atoms with E-state index in [2.05, 4.69) is 61.5 Å². The van der Waals surface area contributed by atoms with Crippen molar-refractivity contribution in [2.24, 2.45) is 0 Å². The second-order valence-corrected chi connectivity index (χ2v) is 7.19.